The topological polar surface area (TPSA) is 46.6 Å². The number of ketones is 1. The molecule has 1 aromatic carbocycles. The van der Waals surface area contributed by atoms with E-state index in [0.29, 0.717) is 16.5 Å². The minimum Gasteiger partial charge on any atom is -0.495 e. The van der Waals surface area contributed by atoms with Gasteiger partial charge in [0.1, 0.15) is 5.75 Å². The summed E-state index contributed by atoms with van der Waals surface area (Å²) >= 11 is 5.91. The van der Waals surface area contributed by atoms with E-state index in [9.17, 15) is 9.59 Å². The van der Waals surface area contributed by atoms with Gasteiger partial charge in [0.2, 0.25) is 5.78 Å². The molecular formula is C11H12ClNO3. The summed E-state index contributed by atoms with van der Waals surface area (Å²) in [6.07, 6.45) is 0. The van der Waals surface area contributed by atoms with Crippen molar-refractivity contribution in [2.45, 2.75) is 6.92 Å². The molecule has 0 heterocycles. The van der Waals surface area contributed by atoms with E-state index in [1.165, 1.54) is 26.0 Å². The molecule has 0 radical (unpaired) electrons. The zero-order chi connectivity index (χ0) is 12.3. The lowest BCUT2D eigenvalue weighted by atomic mass is 10.2. The van der Waals surface area contributed by atoms with Gasteiger partial charge in [0.25, 0.3) is 5.91 Å². The molecular weight excluding hydrogens is 230 g/mol. The Labute approximate surface area is 98.8 Å². The number of ether oxygens (including phenoxy) is 1. The van der Waals surface area contributed by atoms with Crippen LogP contribution >= 0.6 is 11.6 Å². The molecule has 0 aliphatic carbocycles. The van der Waals surface area contributed by atoms with Crippen molar-refractivity contribution in [2.24, 2.45) is 0 Å². The first kappa shape index (κ1) is 12.5. The van der Waals surface area contributed by atoms with Gasteiger partial charge in [0, 0.05) is 19.7 Å². The van der Waals surface area contributed by atoms with E-state index >= 15 is 0 Å². The van der Waals surface area contributed by atoms with E-state index in [0.717, 1.165) is 0 Å². The van der Waals surface area contributed by atoms with E-state index < -0.39 is 11.7 Å². The van der Waals surface area contributed by atoms with Crippen molar-refractivity contribution in [2.75, 3.05) is 19.1 Å². The van der Waals surface area contributed by atoms with E-state index in [2.05, 4.69) is 0 Å². The highest BCUT2D eigenvalue weighted by Gasteiger charge is 2.16. The fraction of sp³-hybridized carbons (Fsp3) is 0.273. The molecule has 0 bridgehead atoms. The number of amides is 1. The van der Waals surface area contributed by atoms with Crippen molar-refractivity contribution in [1.29, 1.82) is 0 Å². The number of benzene rings is 1. The zero-order valence-corrected chi connectivity index (χ0v) is 10.0. The quantitative estimate of drug-likeness (QED) is 0.760. The van der Waals surface area contributed by atoms with Crippen molar-refractivity contribution in [3.8, 4) is 5.75 Å². The number of rotatable bonds is 3. The molecule has 0 atom stereocenters. The van der Waals surface area contributed by atoms with Crippen LogP contribution in [0, 0.1) is 0 Å². The van der Waals surface area contributed by atoms with Crippen LogP contribution in [-0.2, 0) is 9.59 Å². The summed E-state index contributed by atoms with van der Waals surface area (Å²) in [5, 5.41) is 0.392. The van der Waals surface area contributed by atoms with Gasteiger partial charge in [-0.1, -0.05) is 11.6 Å². The standard InChI is InChI=1S/C11H12ClNO3/c1-7(14)11(15)13(2)8-4-5-10(16-3)9(12)6-8/h4-6H,1-3H3. The second-order valence-corrected chi connectivity index (χ2v) is 3.65. The van der Waals surface area contributed by atoms with Gasteiger partial charge >= 0.3 is 0 Å². The molecule has 0 aliphatic heterocycles. The maximum Gasteiger partial charge on any atom is 0.293 e. The highest BCUT2D eigenvalue weighted by atomic mass is 35.5. The highest BCUT2D eigenvalue weighted by molar-refractivity contribution is 6.40. The Morgan fingerprint density at radius 3 is 2.44 bits per heavy atom. The number of anilines is 1. The lowest BCUT2D eigenvalue weighted by Gasteiger charge is -2.16. The Hall–Kier alpha value is -1.55. The first-order valence-electron chi connectivity index (χ1n) is 4.59. The van der Waals surface area contributed by atoms with Gasteiger partial charge in [0.05, 0.1) is 12.1 Å². The predicted octanol–water partition coefficient (Wildman–Crippen LogP) is 1.90. The number of carbonyl (C=O) groups excluding carboxylic acids is 2. The summed E-state index contributed by atoms with van der Waals surface area (Å²) in [7, 11) is 3.02. The minimum atomic E-state index is -0.582. The Balaban J connectivity index is 3.01. The van der Waals surface area contributed by atoms with Crippen molar-refractivity contribution in [1.82, 2.24) is 0 Å². The SMILES string of the molecule is COc1ccc(N(C)C(=O)C(C)=O)cc1Cl. The number of hydrogen-bond donors (Lipinski definition) is 0. The van der Waals surface area contributed by atoms with Crippen LogP contribution < -0.4 is 9.64 Å². The van der Waals surface area contributed by atoms with Gasteiger partial charge in [-0.05, 0) is 18.2 Å². The van der Waals surface area contributed by atoms with Crippen molar-refractivity contribution in [3.63, 3.8) is 0 Å². The normalized spacial score (nSPS) is 9.75. The minimum absolute atomic E-state index is 0.392. The summed E-state index contributed by atoms with van der Waals surface area (Å²) in [4.78, 5) is 23.6. The van der Waals surface area contributed by atoms with Crippen LogP contribution in [0.5, 0.6) is 5.75 Å². The maximum atomic E-state index is 11.4. The molecule has 0 aliphatic rings. The Kier molecular flexibility index (Phi) is 3.90. The van der Waals surface area contributed by atoms with Gasteiger partial charge in [-0.3, -0.25) is 9.59 Å². The molecule has 16 heavy (non-hydrogen) atoms. The molecule has 1 amide bonds. The van der Waals surface area contributed by atoms with E-state index in [4.69, 9.17) is 16.3 Å². The van der Waals surface area contributed by atoms with Gasteiger partial charge in [-0.2, -0.15) is 0 Å². The molecule has 4 nitrogen and oxygen atoms in total. The Bertz CT molecular complexity index is 431. The Morgan fingerprint density at radius 2 is 2.00 bits per heavy atom. The molecule has 86 valence electrons. The van der Waals surface area contributed by atoms with Crippen LogP contribution in [0.4, 0.5) is 5.69 Å². The highest BCUT2D eigenvalue weighted by Crippen LogP contribution is 2.28. The van der Waals surface area contributed by atoms with Gasteiger partial charge in [0.15, 0.2) is 0 Å². The summed E-state index contributed by atoms with van der Waals surface area (Å²) in [6, 6.07) is 4.87. The molecule has 5 heteroatoms. The lowest BCUT2D eigenvalue weighted by Crippen LogP contribution is -2.31. The summed E-state index contributed by atoms with van der Waals surface area (Å²) < 4.78 is 4.99. The second-order valence-electron chi connectivity index (χ2n) is 3.24. The van der Waals surface area contributed by atoms with Crippen molar-refractivity contribution in [3.05, 3.63) is 23.2 Å². The molecule has 0 unspecified atom stereocenters. The number of hydrogen-bond acceptors (Lipinski definition) is 3. The number of carbonyl (C=O) groups is 2. The average molecular weight is 242 g/mol. The molecule has 0 fully saturated rings. The van der Waals surface area contributed by atoms with Crippen LogP contribution in [0.25, 0.3) is 0 Å². The maximum absolute atomic E-state index is 11.4. The first-order valence-corrected chi connectivity index (χ1v) is 4.97. The van der Waals surface area contributed by atoms with Crippen LogP contribution in [-0.4, -0.2) is 25.8 Å². The smallest absolute Gasteiger partial charge is 0.293 e. The number of Topliss-reactive ketones (excluding diaryl/α,β-unsaturated/α-hetero) is 1. The number of nitrogens with zero attached hydrogens (tertiary/aromatic N) is 1. The van der Waals surface area contributed by atoms with E-state index in [1.807, 2.05) is 0 Å². The third-order valence-electron chi connectivity index (χ3n) is 2.13. The third-order valence-corrected chi connectivity index (χ3v) is 2.42. The molecule has 1 rings (SSSR count). The largest absolute Gasteiger partial charge is 0.495 e. The molecule has 0 spiro atoms. The van der Waals surface area contributed by atoms with Crippen molar-refractivity contribution >= 4 is 29.0 Å². The van der Waals surface area contributed by atoms with Gasteiger partial charge in [-0.15, -0.1) is 0 Å². The number of likely N-dealkylation sites (N-methyl/N-ethyl adjacent to an activating group) is 1. The second kappa shape index (κ2) is 4.99. The Morgan fingerprint density at radius 1 is 1.38 bits per heavy atom. The van der Waals surface area contributed by atoms with Crippen LogP contribution in [0.1, 0.15) is 6.92 Å². The fourth-order valence-corrected chi connectivity index (χ4v) is 1.47. The zero-order valence-electron chi connectivity index (χ0n) is 9.28. The van der Waals surface area contributed by atoms with E-state index in [-0.39, 0.29) is 0 Å². The molecule has 1 aromatic rings. The molecule has 0 saturated carbocycles. The third kappa shape index (κ3) is 2.52. The van der Waals surface area contributed by atoms with Crippen LogP contribution in [0.2, 0.25) is 5.02 Å². The number of methoxy groups -OCH3 is 1. The molecule has 0 aromatic heterocycles. The lowest BCUT2D eigenvalue weighted by molar-refractivity contribution is -0.134. The van der Waals surface area contributed by atoms with Crippen LogP contribution in [0.15, 0.2) is 18.2 Å². The molecule has 0 saturated heterocycles. The number of halogens is 1. The van der Waals surface area contributed by atoms with E-state index in [1.54, 1.807) is 18.2 Å². The summed E-state index contributed by atoms with van der Waals surface area (Å²) in [5.74, 6) is -0.579. The van der Waals surface area contributed by atoms with Gasteiger partial charge < -0.3 is 9.64 Å². The average Bonchev–Trinajstić information content (AvgIpc) is 2.26. The monoisotopic (exact) mass is 241 g/mol. The van der Waals surface area contributed by atoms with Crippen molar-refractivity contribution < 1.29 is 14.3 Å². The summed E-state index contributed by atoms with van der Waals surface area (Å²) in [5.41, 5.74) is 0.547. The van der Waals surface area contributed by atoms with Crippen LogP contribution in [0.3, 0.4) is 0 Å². The summed E-state index contributed by atoms with van der Waals surface area (Å²) in [6.45, 7) is 1.23. The molecule has 0 N–H and O–H groups in total. The first-order chi connectivity index (χ1) is 7.47. The fourth-order valence-electron chi connectivity index (χ4n) is 1.22. The van der Waals surface area contributed by atoms with Gasteiger partial charge in [-0.25, -0.2) is 0 Å². The predicted molar refractivity (Wildman–Crippen MR) is 62.1 cm³/mol.